The molecule has 1 amide bonds. The van der Waals surface area contributed by atoms with Crippen molar-refractivity contribution in [2.45, 2.75) is 52.2 Å². The Balaban J connectivity index is 1.88. The zero-order valence-corrected chi connectivity index (χ0v) is 15.9. The highest BCUT2D eigenvalue weighted by Gasteiger charge is 2.43. The van der Waals surface area contributed by atoms with Crippen molar-refractivity contribution in [2.75, 3.05) is 0 Å². The van der Waals surface area contributed by atoms with Gasteiger partial charge in [0.1, 0.15) is 0 Å². The van der Waals surface area contributed by atoms with Crippen LogP contribution < -0.4 is 5.32 Å². The van der Waals surface area contributed by atoms with Gasteiger partial charge in [0, 0.05) is 10.8 Å². The standard InChI is InChI=1S/C21H27NOS/c1-13(2)18-16-12-21(4,5)11-10-17(16)24-20(18)22-19(23)15-9-7-6-8-14(15)3/h6-9,16-17H,1,10-12H2,2-5H3,(H,22,23). The van der Waals surface area contributed by atoms with Crippen molar-refractivity contribution < 1.29 is 4.79 Å². The summed E-state index contributed by atoms with van der Waals surface area (Å²) in [5.41, 5.74) is 4.50. The van der Waals surface area contributed by atoms with Crippen LogP contribution in [0.3, 0.4) is 0 Å². The summed E-state index contributed by atoms with van der Waals surface area (Å²) in [4.78, 5) is 12.7. The fourth-order valence-corrected chi connectivity index (χ4v) is 5.52. The number of benzene rings is 1. The van der Waals surface area contributed by atoms with Gasteiger partial charge < -0.3 is 5.32 Å². The highest BCUT2D eigenvalue weighted by molar-refractivity contribution is 8.04. The number of thioether (sulfide) groups is 1. The molecule has 2 unspecified atom stereocenters. The maximum absolute atomic E-state index is 12.7. The summed E-state index contributed by atoms with van der Waals surface area (Å²) in [5.74, 6) is 0.510. The van der Waals surface area contributed by atoms with E-state index in [2.05, 4.69) is 32.7 Å². The molecule has 1 N–H and O–H groups in total. The number of carbonyl (C=O) groups excluding carboxylic acids is 1. The van der Waals surface area contributed by atoms with Gasteiger partial charge in [-0.25, -0.2) is 0 Å². The zero-order chi connectivity index (χ0) is 17.5. The van der Waals surface area contributed by atoms with Crippen LogP contribution in [0.2, 0.25) is 0 Å². The van der Waals surface area contributed by atoms with Crippen molar-refractivity contribution >= 4 is 17.7 Å². The molecule has 1 heterocycles. The molecule has 0 saturated heterocycles. The van der Waals surface area contributed by atoms with Crippen LogP contribution in [0, 0.1) is 18.3 Å². The normalized spacial score (nSPS) is 25.3. The molecule has 1 aliphatic heterocycles. The minimum atomic E-state index is -0.00717. The second kappa shape index (κ2) is 6.44. The van der Waals surface area contributed by atoms with Gasteiger partial charge in [-0.15, -0.1) is 11.8 Å². The van der Waals surface area contributed by atoms with E-state index in [0.717, 1.165) is 21.7 Å². The van der Waals surface area contributed by atoms with Crippen molar-refractivity contribution in [3.8, 4) is 0 Å². The molecular weight excluding hydrogens is 314 g/mol. The lowest BCUT2D eigenvalue weighted by molar-refractivity contribution is 0.0968. The Morgan fingerprint density at radius 2 is 2.04 bits per heavy atom. The minimum absolute atomic E-state index is 0.00717. The van der Waals surface area contributed by atoms with Crippen LogP contribution in [-0.2, 0) is 0 Å². The average Bonchev–Trinajstić information content (AvgIpc) is 2.83. The van der Waals surface area contributed by atoms with Gasteiger partial charge in [-0.2, -0.15) is 0 Å². The lowest BCUT2D eigenvalue weighted by atomic mass is 9.69. The lowest BCUT2D eigenvalue weighted by Crippen LogP contribution is -2.30. The summed E-state index contributed by atoms with van der Waals surface area (Å²) >= 11 is 1.85. The summed E-state index contributed by atoms with van der Waals surface area (Å²) in [6.45, 7) is 13.0. The van der Waals surface area contributed by atoms with Crippen molar-refractivity contribution in [3.05, 3.63) is 58.1 Å². The molecule has 1 saturated carbocycles. The van der Waals surface area contributed by atoms with Crippen LogP contribution in [0.25, 0.3) is 0 Å². The highest BCUT2D eigenvalue weighted by Crippen LogP contribution is 2.54. The number of aryl methyl sites for hydroxylation is 1. The number of rotatable bonds is 3. The van der Waals surface area contributed by atoms with Crippen LogP contribution in [-0.4, -0.2) is 11.2 Å². The van der Waals surface area contributed by atoms with E-state index < -0.39 is 0 Å². The Morgan fingerprint density at radius 1 is 1.33 bits per heavy atom. The van der Waals surface area contributed by atoms with E-state index in [1.54, 1.807) is 0 Å². The summed E-state index contributed by atoms with van der Waals surface area (Å²) in [7, 11) is 0. The molecule has 1 aromatic rings. The number of amides is 1. The minimum Gasteiger partial charge on any atom is -0.316 e. The van der Waals surface area contributed by atoms with Gasteiger partial charge in [0.25, 0.3) is 5.91 Å². The quantitative estimate of drug-likeness (QED) is 0.791. The van der Waals surface area contributed by atoms with Crippen LogP contribution >= 0.6 is 11.8 Å². The summed E-state index contributed by atoms with van der Waals surface area (Å²) in [6, 6.07) is 7.75. The van der Waals surface area contributed by atoms with Crippen molar-refractivity contribution in [1.29, 1.82) is 0 Å². The molecule has 0 radical (unpaired) electrons. The smallest absolute Gasteiger partial charge is 0.256 e. The monoisotopic (exact) mass is 341 g/mol. The maximum atomic E-state index is 12.7. The number of hydrogen-bond acceptors (Lipinski definition) is 2. The van der Waals surface area contributed by atoms with Gasteiger partial charge in [0.15, 0.2) is 0 Å². The predicted octanol–water partition coefficient (Wildman–Crippen LogP) is 5.45. The van der Waals surface area contributed by atoms with E-state index in [1.807, 2.05) is 43.0 Å². The third-order valence-electron chi connectivity index (χ3n) is 5.29. The van der Waals surface area contributed by atoms with Crippen LogP contribution in [0.4, 0.5) is 0 Å². The van der Waals surface area contributed by atoms with Crippen LogP contribution in [0.1, 0.15) is 56.0 Å². The second-order valence-electron chi connectivity index (χ2n) is 7.96. The molecule has 0 aromatic heterocycles. The third-order valence-corrected chi connectivity index (χ3v) is 6.71. The number of allylic oxidation sites excluding steroid dienone is 2. The molecule has 0 spiro atoms. The molecule has 2 nitrogen and oxygen atoms in total. The SMILES string of the molecule is C=C(C)C1=C(NC(=O)c2ccccc2C)SC2CCC(C)(C)CC12. The Kier molecular flexibility index (Phi) is 4.65. The molecular formula is C21H27NOS. The molecule has 24 heavy (non-hydrogen) atoms. The number of nitrogens with one attached hydrogen (secondary N) is 1. The van der Waals surface area contributed by atoms with E-state index >= 15 is 0 Å². The molecule has 0 bridgehead atoms. The molecule has 128 valence electrons. The van der Waals surface area contributed by atoms with Crippen LogP contribution in [0.5, 0.6) is 0 Å². The molecule has 1 aromatic carbocycles. The van der Waals surface area contributed by atoms with Gasteiger partial charge in [-0.3, -0.25) is 4.79 Å². The molecule has 2 atom stereocenters. The van der Waals surface area contributed by atoms with Crippen molar-refractivity contribution in [3.63, 3.8) is 0 Å². The van der Waals surface area contributed by atoms with Crippen molar-refractivity contribution in [2.24, 2.45) is 11.3 Å². The maximum Gasteiger partial charge on any atom is 0.256 e. The zero-order valence-electron chi connectivity index (χ0n) is 15.1. The fourth-order valence-electron chi connectivity index (χ4n) is 3.98. The fraction of sp³-hybridized carbons (Fsp3) is 0.476. The Morgan fingerprint density at radius 3 is 2.71 bits per heavy atom. The van der Waals surface area contributed by atoms with E-state index in [9.17, 15) is 4.79 Å². The molecule has 2 aliphatic rings. The number of fused-ring (bicyclic) bond motifs is 1. The first kappa shape index (κ1) is 17.3. The topological polar surface area (TPSA) is 29.1 Å². The number of carbonyl (C=O) groups is 1. The third kappa shape index (κ3) is 3.32. The molecule has 1 fully saturated rings. The van der Waals surface area contributed by atoms with Gasteiger partial charge in [-0.1, -0.05) is 44.2 Å². The molecule has 3 heteroatoms. The van der Waals surface area contributed by atoms with E-state index in [1.165, 1.54) is 24.8 Å². The largest absolute Gasteiger partial charge is 0.316 e. The van der Waals surface area contributed by atoms with E-state index in [-0.39, 0.29) is 5.91 Å². The van der Waals surface area contributed by atoms with Crippen LogP contribution in [0.15, 0.2) is 47.0 Å². The first-order valence-electron chi connectivity index (χ1n) is 8.72. The summed E-state index contributed by atoms with van der Waals surface area (Å²) in [5, 5.41) is 4.81. The summed E-state index contributed by atoms with van der Waals surface area (Å²) < 4.78 is 0. The highest BCUT2D eigenvalue weighted by atomic mass is 32.2. The first-order valence-corrected chi connectivity index (χ1v) is 9.60. The first-order chi connectivity index (χ1) is 11.3. The number of hydrogen-bond donors (Lipinski definition) is 1. The molecule has 1 aliphatic carbocycles. The summed E-state index contributed by atoms with van der Waals surface area (Å²) in [6.07, 6.45) is 3.64. The molecule has 3 rings (SSSR count). The van der Waals surface area contributed by atoms with Gasteiger partial charge in [-0.05, 0) is 61.6 Å². The van der Waals surface area contributed by atoms with Crippen molar-refractivity contribution in [1.82, 2.24) is 5.32 Å². The van der Waals surface area contributed by atoms with E-state index in [4.69, 9.17) is 0 Å². The Labute approximate surface area is 149 Å². The lowest BCUT2D eigenvalue weighted by Gasteiger charge is -2.38. The van der Waals surface area contributed by atoms with Gasteiger partial charge in [0.05, 0.1) is 5.03 Å². The van der Waals surface area contributed by atoms with Gasteiger partial charge >= 0.3 is 0 Å². The average molecular weight is 342 g/mol. The van der Waals surface area contributed by atoms with E-state index in [0.29, 0.717) is 16.6 Å². The second-order valence-corrected chi connectivity index (χ2v) is 9.21. The predicted molar refractivity (Wildman–Crippen MR) is 103 cm³/mol. The Hall–Kier alpha value is -1.48. The van der Waals surface area contributed by atoms with Gasteiger partial charge in [0.2, 0.25) is 0 Å². The Bertz CT molecular complexity index is 716.